The van der Waals surface area contributed by atoms with Crippen molar-refractivity contribution in [1.82, 2.24) is 15.3 Å². The van der Waals surface area contributed by atoms with E-state index in [-0.39, 0.29) is 6.04 Å². The predicted octanol–water partition coefficient (Wildman–Crippen LogP) is 3.05. The van der Waals surface area contributed by atoms with Crippen LogP contribution in [0.15, 0.2) is 48.4 Å². The van der Waals surface area contributed by atoms with Crippen molar-refractivity contribution >= 4 is 23.1 Å². The van der Waals surface area contributed by atoms with E-state index in [9.17, 15) is 0 Å². The minimum Gasteiger partial charge on any atom is -0.385 e. The van der Waals surface area contributed by atoms with Crippen LogP contribution >= 0.6 is 0 Å². The van der Waals surface area contributed by atoms with Gasteiger partial charge in [-0.1, -0.05) is 12.8 Å². The summed E-state index contributed by atoms with van der Waals surface area (Å²) in [5, 5.41) is 9.85. The average Bonchev–Trinajstić information content (AvgIpc) is 3.34. The molecule has 0 bridgehead atoms. The Hall–Kier alpha value is -2.84. The topological polar surface area (TPSA) is 100 Å². The first-order valence-corrected chi connectivity index (χ1v) is 11.2. The number of hydrogen-bond acceptors (Lipinski definition) is 8. The summed E-state index contributed by atoms with van der Waals surface area (Å²) in [6, 6.07) is 10.4. The largest absolute Gasteiger partial charge is 0.385 e. The molecule has 4 rings (SSSR count). The molecule has 1 aromatic carbocycles. The molecule has 1 saturated carbocycles. The number of benzene rings is 1. The maximum absolute atomic E-state index is 6.26. The van der Waals surface area contributed by atoms with Gasteiger partial charge in [0.2, 0.25) is 5.95 Å². The van der Waals surface area contributed by atoms with Gasteiger partial charge in [0.05, 0.1) is 19.0 Å². The summed E-state index contributed by atoms with van der Waals surface area (Å²) in [7, 11) is 1.99. The van der Waals surface area contributed by atoms with Gasteiger partial charge in [0.1, 0.15) is 5.82 Å². The fraction of sp³-hybridized carbons (Fsp3) is 0.478. The average molecular weight is 424 g/mol. The van der Waals surface area contributed by atoms with Crippen molar-refractivity contribution in [2.75, 3.05) is 48.9 Å². The Balaban J connectivity index is 1.37. The number of hydrogen-bond donors (Lipinski definition) is 4. The highest BCUT2D eigenvalue weighted by molar-refractivity contribution is 5.60. The van der Waals surface area contributed by atoms with Gasteiger partial charge in [-0.15, -0.1) is 0 Å². The third-order valence-corrected chi connectivity index (χ3v) is 6.03. The molecule has 2 aromatic rings. The molecule has 1 aliphatic carbocycles. The molecule has 2 heterocycles. The summed E-state index contributed by atoms with van der Waals surface area (Å²) in [5.41, 5.74) is 8.39. The van der Waals surface area contributed by atoms with Crippen LogP contribution in [0.5, 0.6) is 0 Å². The molecule has 1 atom stereocenters. The number of nitrogens with one attached hydrogen (secondary N) is 3. The van der Waals surface area contributed by atoms with E-state index in [1.54, 1.807) is 6.20 Å². The quantitative estimate of drug-likeness (QED) is 0.514. The molecule has 1 aromatic heterocycles. The Morgan fingerprint density at radius 1 is 1.16 bits per heavy atom. The van der Waals surface area contributed by atoms with Crippen molar-refractivity contribution in [3.8, 4) is 0 Å². The SMILES string of the molecule is CNC(/C=C(\N)Nc1ccnc(Nc2ccc(N3CCOCC3)cc2)n1)C1CCCC1. The normalized spacial score (nSPS) is 18.7. The second-order valence-corrected chi connectivity index (χ2v) is 8.14. The molecule has 31 heavy (non-hydrogen) atoms. The molecule has 0 spiro atoms. The molecule has 5 N–H and O–H groups in total. The first-order valence-electron chi connectivity index (χ1n) is 11.2. The second kappa shape index (κ2) is 10.5. The van der Waals surface area contributed by atoms with Crippen LogP contribution in [-0.4, -0.2) is 49.4 Å². The number of rotatable bonds is 8. The zero-order valence-corrected chi connectivity index (χ0v) is 18.2. The lowest BCUT2D eigenvalue weighted by Crippen LogP contribution is -2.36. The monoisotopic (exact) mass is 423 g/mol. The number of aromatic nitrogens is 2. The van der Waals surface area contributed by atoms with Crippen LogP contribution in [0.2, 0.25) is 0 Å². The van der Waals surface area contributed by atoms with E-state index >= 15 is 0 Å². The van der Waals surface area contributed by atoms with E-state index < -0.39 is 0 Å². The summed E-state index contributed by atoms with van der Waals surface area (Å²) >= 11 is 0. The Morgan fingerprint density at radius 2 is 1.90 bits per heavy atom. The van der Waals surface area contributed by atoms with Crippen LogP contribution in [0, 0.1) is 5.92 Å². The smallest absolute Gasteiger partial charge is 0.229 e. The van der Waals surface area contributed by atoms with Crippen molar-refractivity contribution in [2.45, 2.75) is 31.7 Å². The van der Waals surface area contributed by atoms with E-state index in [2.05, 4.69) is 49.0 Å². The van der Waals surface area contributed by atoms with E-state index in [4.69, 9.17) is 10.5 Å². The van der Waals surface area contributed by atoms with Gasteiger partial charge in [-0.25, -0.2) is 4.98 Å². The molecular formula is C23H33N7O. The lowest BCUT2D eigenvalue weighted by Gasteiger charge is -2.28. The summed E-state index contributed by atoms with van der Waals surface area (Å²) < 4.78 is 5.42. The molecule has 0 amide bonds. The van der Waals surface area contributed by atoms with E-state index in [1.807, 2.05) is 25.2 Å². The Kier molecular flexibility index (Phi) is 7.22. The first-order chi connectivity index (χ1) is 15.2. The molecule has 2 fully saturated rings. The van der Waals surface area contributed by atoms with Crippen molar-refractivity contribution in [1.29, 1.82) is 0 Å². The zero-order chi connectivity index (χ0) is 21.5. The van der Waals surface area contributed by atoms with Crippen LogP contribution in [-0.2, 0) is 4.74 Å². The second-order valence-electron chi connectivity index (χ2n) is 8.14. The Bertz CT molecular complexity index is 858. The van der Waals surface area contributed by atoms with Gasteiger partial charge in [0.25, 0.3) is 0 Å². The van der Waals surface area contributed by atoms with Crippen LogP contribution in [0.3, 0.4) is 0 Å². The number of nitrogens with two attached hydrogens (primary N) is 1. The van der Waals surface area contributed by atoms with Gasteiger partial charge in [0.15, 0.2) is 0 Å². The highest BCUT2D eigenvalue weighted by atomic mass is 16.5. The highest BCUT2D eigenvalue weighted by Crippen LogP contribution is 2.28. The number of anilines is 4. The molecule has 8 heteroatoms. The lowest BCUT2D eigenvalue weighted by molar-refractivity contribution is 0.122. The van der Waals surface area contributed by atoms with Gasteiger partial charge in [-0.2, -0.15) is 4.98 Å². The summed E-state index contributed by atoms with van der Waals surface area (Å²) in [4.78, 5) is 11.2. The Labute approximate surface area is 184 Å². The summed E-state index contributed by atoms with van der Waals surface area (Å²) in [6.07, 6.45) is 8.90. The Morgan fingerprint density at radius 3 is 2.61 bits per heavy atom. The number of ether oxygens (including phenoxy) is 1. The summed E-state index contributed by atoms with van der Waals surface area (Å²) in [5.74, 6) is 2.44. The van der Waals surface area contributed by atoms with Crippen LogP contribution in [0.4, 0.5) is 23.1 Å². The van der Waals surface area contributed by atoms with Gasteiger partial charge in [-0.05, 0) is 62.2 Å². The molecule has 8 nitrogen and oxygen atoms in total. The maximum atomic E-state index is 6.26. The first kappa shape index (κ1) is 21.4. The fourth-order valence-corrected chi connectivity index (χ4v) is 4.35. The van der Waals surface area contributed by atoms with Gasteiger partial charge < -0.3 is 31.3 Å². The van der Waals surface area contributed by atoms with E-state index in [0.29, 0.717) is 23.5 Å². The molecular weight excluding hydrogens is 390 g/mol. The third-order valence-electron chi connectivity index (χ3n) is 6.03. The van der Waals surface area contributed by atoms with Crippen LogP contribution in [0.1, 0.15) is 25.7 Å². The van der Waals surface area contributed by atoms with Crippen molar-refractivity contribution in [3.05, 3.63) is 48.4 Å². The van der Waals surface area contributed by atoms with Crippen LogP contribution < -0.4 is 26.6 Å². The van der Waals surface area contributed by atoms with Crippen LogP contribution in [0.25, 0.3) is 0 Å². The van der Waals surface area contributed by atoms with Crippen molar-refractivity contribution in [3.63, 3.8) is 0 Å². The zero-order valence-electron chi connectivity index (χ0n) is 18.2. The minimum atomic E-state index is 0.277. The predicted molar refractivity (Wildman–Crippen MR) is 125 cm³/mol. The number of morpholine rings is 1. The van der Waals surface area contributed by atoms with Crippen molar-refractivity contribution < 1.29 is 4.74 Å². The fourth-order valence-electron chi connectivity index (χ4n) is 4.35. The lowest BCUT2D eigenvalue weighted by atomic mass is 9.98. The van der Waals surface area contributed by atoms with Gasteiger partial charge in [0, 0.05) is 36.7 Å². The standard InChI is InChI=1S/C23H33N7O/c1-25-20(17-4-2-3-5-17)16-21(24)28-22-10-11-26-23(29-22)27-18-6-8-19(9-7-18)30-12-14-31-15-13-30/h6-11,16-17,20,25H,2-5,12-15,24H2,1H3,(H2,26,27,28,29)/b21-16+. The summed E-state index contributed by atoms with van der Waals surface area (Å²) in [6.45, 7) is 3.41. The molecule has 1 aliphatic heterocycles. The maximum Gasteiger partial charge on any atom is 0.229 e. The third kappa shape index (κ3) is 5.86. The molecule has 1 saturated heterocycles. The van der Waals surface area contributed by atoms with Gasteiger partial charge in [-0.3, -0.25) is 0 Å². The number of likely N-dealkylation sites (N-methyl/N-ethyl adjacent to an activating group) is 1. The van der Waals surface area contributed by atoms with E-state index in [0.717, 1.165) is 32.0 Å². The molecule has 0 radical (unpaired) electrons. The number of nitrogens with zero attached hydrogens (tertiary/aromatic N) is 3. The van der Waals surface area contributed by atoms with E-state index in [1.165, 1.54) is 31.4 Å². The molecule has 166 valence electrons. The molecule has 2 aliphatic rings. The van der Waals surface area contributed by atoms with Crippen molar-refractivity contribution in [2.24, 2.45) is 11.7 Å². The van der Waals surface area contributed by atoms with Gasteiger partial charge >= 0.3 is 0 Å². The minimum absolute atomic E-state index is 0.277. The highest BCUT2D eigenvalue weighted by Gasteiger charge is 2.22. The molecule has 1 unspecified atom stereocenters.